The first-order chi connectivity index (χ1) is 15.9. The predicted octanol–water partition coefficient (Wildman–Crippen LogP) is 2.01. The van der Waals surface area contributed by atoms with E-state index in [1.807, 2.05) is 13.8 Å². The van der Waals surface area contributed by atoms with Crippen LogP contribution in [0.15, 0.2) is 12.2 Å². The summed E-state index contributed by atoms with van der Waals surface area (Å²) in [5, 5.41) is 0. The van der Waals surface area contributed by atoms with Crippen molar-refractivity contribution in [3.63, 3.8) is 0 Å². The van der Waals surface area contributed by atoms with Gasteiger partial charge in [0.15, 0.2) is 0 Å². The molecule has 1 fully saturated rings. The van der Waals surface area contributed by atoms with Crippen molar-refractivity contribution in [2.24, 2.45) is 5.92 Å². The number of hydrogen-bond acceptors (Lipinski definition) is 8. The Bertz CT molecular complexity index is 805. The van der Waals surface area contributed by atoms with Gasteiger partial charge in [0.2, 0.25) is 11.8 Å². The number of nitrogens with zero attached hydrogens (tertiary/aromatic N) is 2. The van der Waals surface area contributed by atoms with E-state index < -0.39 is 47.2 Å². The highest BCUT2D eigenvalue weighted by Crippen LogP contribution is 2.35. The number of carbonyl (C=O) groups is 4. The second-order valence-electron chi connectivity index (χ2n) is 9.56. The first-order valence-electron chi connectivity index (χ1n) is 11.8. The second kappa shape index (κ2) is 11.3. The van der Waals surface area contributed by atoms with Gasteiger partial charge in [-0.05, 0) is 52.5 Å². The number of esters is 2. The van der Waals surface area contributed by atoms with Crippen molar-refractivity contribution in [3.05, 3.63) is 12.2 Å². The van der Waals surface area contributed by atoms with Gasteiger partial charge < -0.3 is 23.8 Å². The summed E-state index contributed by atoms with van der Waals surface area (Å²) in [5.41, 5.74) is -2.65. The third-order valence-electron chi connectivity index (χ3n) is 5.94. The van der Waals surface area contributed by atoms with Crippen LogP contribution in [0.3, 0.4) is 0 Å². The van der Waals surface area contributed by atoms with Crippen molar-refractivity contribution in [1.82, 2.24) is 9.80 Å². The van der Waals surface area contributed by atoms with Crippen molar-refractivity contribution >= 4 is 23.8 Å². The monoisotopic (exact) mass is 482 g/mol. The zero-order valence-electron chi connectivity index (χ0n) is 21.3. The maximum absolute atomic E-state index is 14.0. The molecule has 34 heavy (non-hydrogen) atoms. The quantitative estimate of drug-likeness (QED) is 0.343. The van der Waals surface area contributed by atoms with Crippen LogP contribution in [-0.4, -0.2) is 84.0 Å². The number of ether oxygens (including phenoxy) is 4. The molecular formula is C24H38N2O8. The standard InChI is InChI=1S/C24H38N2O8/c1-8-16(3)19(20(28)25-14-10-11-17(25)21(29)34-23(4,5)6)26-18(27)12-13-24(26,33-15-31-7)22(30)32-9-2/h12-13,16-17,19H,8-11,14-15H2,1-7H3/t16-,17-,19-,24-/m0/s1. The normalized spacial score (nSPS) is 24.3. The highest BCUT2D eigenvalue weighted by atomic mass is 16.7. The summed E-state index contributed by atoms with van der Waals surface area (Å²) in [5.74, 6) is -2.65. The van der Waals surface area contributed by atoms with E-state index in [9.17, 15) is 19.2 Å². The maximum atomic E-state index is 14.0. The van der Waals surface area contributed by atoms with E-state index in [0.717, 1.165) is 4.90 Å². The molecule has 0 saturated carbocycles. The van der Waals surface area contributed by atoms with Crippen molar-refractivity contribution in [1.29, 1.82) is 0 Å². The van der Waals surface area contributed by atoms with Crippen LogP contribution in [-0.2, 0) is 38.1 Å². The van der Waals surface area contributed by atoms with Crippen LogP contribution < -0.4 is 0 Å². The second-order valence-corrected chi connectivity index (χ2v) is 9.56. The molecule has 0 aromatic carbocycles. The maximum Gasteiger partial charge on any atom is 0.364 e. The Balaban J connectivity index is 2.48. The van der Waals surface area contributed by atoms with Crippen molar-refractivity contribution < 1.29 is 38.1 Å². The van der Waals surface area contributed by atoms with E-state index in [1.54, 1.807) is 27.7 Å². The number of carbonyl (C=O) groups excluding carboxylic acids is 4. The molecule has 4 atom stereocenters. The molecule has 0 aromatic heterocycles. The van der Waals surface area contributed by atoms with Gasteiger partial charge in [-0.25, -0.2) is 9.59 Å². The van der Waals surface area contributed by atoms with Gasteiger partial charge in [-0.15, -0.1) is 0 Å². The van der Waals surface area contributed by atoms with Crippen LogP contribution in [0.5, 0.6) is 0 Å². The molecule has 2 aliphatic rings. The topological polar surface area (TPSA) is 112 Å². The summed E-state index contributed by atoms with van der Waals surface area (Å²) >= 11 is 0. The lowest BCUT2D eigenvalue weighted by Crippen LogP contribution is -2.65. The molecule has 2 amide bonds. The van der Waals surface area contributed by atoms with Gasteiger partial charge in [-0.3, -0.25) is 14.5 Å². The van der Waals surface area contributed by atoms with Crippen LogP contribution in [0.2, 0.25) is 0 Å². The van der Waals surface area contributed by atoms with Crippen molar-refractivity contribution in [2.75, 3.05) is 27.1 Å². The largest absolute Gasteiger partial charge is 0.462 e. The molecule has 0 aliphatic carbocycles. The molecule has 0 radical (unpaired) electrons. The van der Waals surface area contributed by atoms with Crippen LogP contribution in [0, 0.1) is 5.92 Å². The third-order valence-corrected chi connectivity index (χ3v) is 5.94. The Morgan fingerprint density at radius 1 is 1.24 bits per heavy atom. The molecule has 10 heteroatoms. The lowest BCUT2D eigenvalue weighted by atomic mass is 9.94. The van der Waals surface area contributed by atoms with E-state index in [4.69, 9.17) is 18.9 Å². The van der Waals surface area contributed by atoms with E-state index in [0.29, 0.717) is 25.8 Å². The lowest BCUT2D eigenvalue weighted by molar-refractivity contribution is -0.215. The lowest BCUT2D eigenvalue weighted by Gasteiger charge is -2.43. The molecule has 1 saturated heterocycles. The summed E-state index contributed by atoms with van der Waals surface area (Å²) < 4.78 is 21.5. The fourth-order valence-electron chi connectivity index (χ4n) is 4.23. The minimum absolute atomic E-state index is 0.0571. The van der Waals surface area contributed by atoms with Crippen LogP contribution >= 0.6 is 0 Å². The zero-order chi connectivity index (χ0) is 25.7. The highest BCUT2D eigenvalue weighted by molar-refractivity contribution is 6.02. The Labute approximate surface area is 201 Å². The van der Waals surface area contributed by atoms with Crippen LogP contribution in [0.4, 0.5) is 0 Å². The van der Waals surface area contributed by atoms with Gasteiger partial charge in [-0.1, -0.05) is 20.3 Å². The van der Waals surface area contributed by atoms with E-state index in [1.165, 1.54) is 24.2 Å². The van der Waals surface area contributed by atoms with Crippen molar-refractivity contribution in [2.45, 2.75) is 84.2 Å². The summed E-state index contributed by atoms with van der Waals surface area (Å²) in [7, 11) is 1.39. The summed E-state index contributed by atoms with van der Waals surface area (Å²) in [6.45, 7) is 10.7. The Hall–Kier alpha value is -2.46. The summed E-state index contributed by atoms with van der Waals surface area (Å²) in [6, 6.07) is -1.84. The molecule has 10 nitrogen and oxygen atoms in total. The first kappa shape index (κ1) is 27.8. The molecule has 0 spiro atoms. The smallest absolute Gasteiger partial charge is 0.364 e. The molecule has 2 heterocycles. The Kier molecular flexibility index (Phi) is 9.24. The summed E-state index contributed by atoms with van der Waals surface area (Å²) in [4.78, 5) is 55.6. The van der Waals surface area contributed by atoms with Gasteiger partial charge in [0.05, 0.1) is 6.61 Å². The average molecular weight is 483 g/mol. The van der Waals surface area contributed by atoms with Gasteiger partial charge in [0.25, 0.3) is 5.72 Å². The first-order valence-corrected chi connectivity index (χ1v) is 11.8. The molecule has 2 aliphatic heterocycles. The van der Waals surface area contributed by atoms with Crippen LogP contribution in [0.25, 0.3) is 0 Å². The van der Waals surface area contributed by atoms with Gasteiger partial charge >= 0.3 is 11.9 Å². The van der Waals surface area contributed by atoms with E-state index >= 15 is 0 Å². The zero-order valence-corrected chi connectivity index (χ0v) is 21.3. The molecule has 0 unspecified atom stereocenters. The fourth-order valence-corrected chi connectivity index (χ4v) is 4.23. The molecule has 0 N–H and O–H groups in total. The predicted molar refractivity (Wildman–Crippen MR) is 122 cm³/mol. The molecule has 0 bridgehead atoms. The number of hydrogen-bond donors (Lipinski definition) is 0. The highest BCUT2D eigenvalue weighted by Gasteiger charge is 2.57. The molecule has 0 aromatic rings. The van der Waals surface area contributed by atoms with Crippen LogP contribution in [0.1, 0.15) is 60.8 Å². The molecular weight excluding hydrogens is 444 g/mol. The minimum atomic E-state index is -1.95. The number of methoxy groups -OCH3 is 1. The number of rotatable bonds is 10. The Morgan fingerprint density at radius 2 is 1.91 bits per heavy atom. The number of likely N-dealkylation sites (tertiary alicyclic amines) is 1. The van der Waals surface area contributed by atoms with Gasteiger partial charge in [0.1, 0.15) is 24.5 Å². The summed E-state index contributed by atoms with van der Waals surface area (Å²) in [6.07, 6.45) is 4.12. The van der Waals surface area contributed by atoms with E-state index in [2.05, 4.69) is 0 Å². The average Bonchev–Trinajstić information content (AvgIpc) is 3.38. The van der Waals surface area contributed by atoms with Gasteiger partial charge in [-0.2, -0.15) is 0 Å². The third kappa shape index (κ3) is 5.78. The number of amides is 2. The molecule has 192 valence electrons. The van der Waals surface area contributed by atoms with E-state index in [-0.39, 0.29) is 19.3 Å². The van der Waals surface area contributed by atoms with Crippen molar-refractivity contribution in [3.8, 4) is 0 Å². The Morgan fingerprint density at radius 3 is 2.47 bits per heavy atom. The SMILES string of the molecule is CCOC(=O)[C@@]1(OCOC)C=CC(=O)N1[C@H](C(=O)N1CCC[C@H]1C(=O)OC(C)(C)C)[C@@H](C)CC. The molecule has 2 rings (SSSR count). The van der Waals surface area contributed by atoms with Gasteiger partial charge in [0, 0.05) is 19.7 Å². The minimum Gasteiger partial charge on any atom is -0.462 e. The fraction of sp³-hybridized carbons (Fsp3) is 0.750.